The molecule has 2 aromatic rings. The van der Waals surface area contributed by atoms with Crippen LogP contribution >= 0.6 is 10.8 Å². The van der Waals surface area contributed by atoms with Crippen LogP contribution in [0.1, 0.15) is 49.0 Å². The highest BCUT2D eigenvalue weighted by molar-refractivity contribution is 8.69. The quantitative estimate of drug-likeness (QED) is 0.515. The van der Waals surface area contributed by atoms with Crippen molar-refractivity contribution < 1.29 is 23.4 Å². The van der Waals surface area contributed by atoms with Crippen LogP contribution in [0, 0.1) is 17.6 Å². The molecule has 11 heteroatoms. The minimum Gasteiger partial charge on any atom is -0.477 e. The van der Waals surface area contributed by atoms with Crippen LogP contribution in [-0.2, 0) is 14.5 Å². The second-order valence-electron chi connectivity index (χ2n) is 9.54. The Morgan fingerprint density at radius 3 is 2.83 bits per heavy atom. The predicted octanol–water partition coefficient (Wildman–Crippen LogP) is 4.40. The van der Waals surface area contributed by atoms with E-state index in [0.29, 0.717) is 26.2 Å². The number of hydrogen-bond donors (Lipinski definition) is 1. The van der Waals surface area contributed by atoms with Gasteiger partial charge in [0.25, 0.3) is 0 Å². The molecule has 1 N–H and O–H groups in total. The Morgan fingerprint density at radius 1 is 1.37 bits per heavy atom. The Balaban J connectivity index is 1.54. The van der Waals surface area contributed by atoms with E-state index in [2.05, 4.69) is 13.2 Å². The summed E-state index contributed by atoms with van der Waals surface area (Å²) in [5.74, 6) is -1.95. The maximum absolute atomic E-state index is 16.0. The van der Waals surface area contributed by atoms with Gasteiger partial charge in [0.05, 0.1) is 17.4 Å². The highest BCUT2D eigenvalue weighted by Crippen LogP contribution is 2.44. The van der Waals surface area contributed by atoms with Crippen molar-refractivity contribution in [1.82, 2.24) is 4.57 Å². The number of aromatic nitrogens is 1. The Kier molecular flexibility index (Phi) is 6.69. The molecule has 1 aliphatic carbocycles. The van der Waals surface area contributed by atoms with Crippen LogP contribution in [0.3, 0.4) is 0 Å². The number of rotatable bonds is 8. The summed E-state index contributed by atoms with van der Waals surface area (Å²) in [5, 5.41) is 9.21. The van der Waals surface area contributed by atoms with Crippen molar-refractivity contribution in [2.24, 2.45) is 10.3 Å². The predicted molar refractivity (Wildman–Crippen MR) is 136 cm³/mol. The zero-order valence-corrected chi connectivity index (χ0v) is 21.4. The molecule has 35 heavy (non-hydrogen) atoms. The third-order valence-corrected chi connectivity index (χ3v) is 10.4. The first-order valence-electron chi connectivity index (χ1n) is 11.9. The number of anilines is 1. The number of hydrogen-bond acceptors (Lipinski definition) is 6. The first kappa shape index (κ1) is 24.7. The lowest BCUT2D eigenvalue weighted by molar-refractivity contribution is 0.0134. The van der Waals surface area contributed by atoms with Crippen molar-refractivity contribution >= 4 is 43.1 Å². The van der Waals surface area contributed by atoms with Crippen molar-refractivity contribution in [3.05, 3.63) is 39.7 Å². The van der Waals surface area contributed by atoms with E-state index in [1.54, 1.807) is 15.7 Å². The third kappa shape index (κ3) is 4.40. The number of pyridine rings is 1. The number of carbonyl (C=O) groups is 1. The summed E-state index contributed by atoms with van der Waals surface area (Å²) >= 11 is 0. The lowest BCUT2D eigenvalue weighted by atomic mass is 9.91. The molecule has 0 bridgehead atoms. The number of carboxylic acids is 1. The molecule has 3 atom stereocenters. The standard InChI is InChI=1S/C24H29F2N3O4S2/c1-3-8-34-35(2)27-12-24-13-28(10-14(24)6-7-33-24)21-18(25)9-16-20(19(21)26)29(15-4-5-15)11-17(22(16)30)23(31)32/h9,11,14-15H,3-8,10,12-13H2,1-2H3,(H,31,32). The lowest BCUT2D eigenvalue weighted by Crippen LogP contribution is -2.40. The number of fused-ring (bicyclic) bond motifs is 2. The Morgan fingerprint density at radius 2 is 2.14 bits per heavy atom. The van der Waals surface area contributed by atoms with Crippen LogP contribution in [0.25, 0.3) is 10.9 Å². The van der Waals surface area contributed by atoms with E-state index in [1.165, 1.54) is 10.8 Å². The lowest BCUT2D eigenvalue weighted by Gasteiger charge is -2.27. The molecule has 3 fully saturated rings. The zero-order chi connectivity index (χ0) is 24.9. The second kappa shape index (κ2) is 9.48. The van der Waals surface area contributed by atoms with E-state index < -0.39 is 34.2 Å². The molecular weight excluding hydrogens is 496 g/mol. The van der Waals surface area contributed by atoms with Gasteiger partial charge in [-0.2, -0.15) is 0 Å². The van der Waals surface area contributed by atoms with Gasteiger partial charge in [0, 0.05) is 49.9 Å². The molecule has 0 radical (unpaired) electrons. The molecule has 7 nitrogen and oxygen atoms in total. The van der Waals surface area contributed by atoms with E-state index in [9.17, 15) is 14.7 Å². The Hall–Kier alpha value is -1.98. The minimum absolute atomic E-state index is 0.0262. The largest absolute Gasteiger partial charge is 0.477 e. The summed E-state index contributed by atoms with van der Waals surface area (Å²) in [6, 6.07) is 0.900. The van der Waals surface area contributed by atoms with Gasteiger partial charge in [-0.1, -0.05) is 17.7 Å². The number of carboxylic acid groups (broad SMARTS) is 1. The van der Waals surface area contributed by atoms with Crippen LogP contribution < -0.4 is 10.3 Å². The van der Waals surface area contributed by atoms with Gasteiger partial charge >= 0.3 is 5.97 Å². The van der Waals surface area contributed by atoms with E-state index in [1.807, 2.05) is 0 Å². The maximum Gasteiger partial charge on any atom is 0.341 e. The van der Waals surface area contributed by atoms with Crippen LogP contribution in [0.15, 0.2) is 21.4 Å². The molecule has 2 aliphatic heterocycles. The first-order chi connectivity index (χ1) is 16.8. The van der Waals surface area contributed by atoms with Gasteiger partial charge < -0.3 is 19.3 Å². The monoisotopic (exact) mass is 525 g/mol. The molecule has 2 saturated heterocycles. The van der Waals surface area contributed by atoms with Crippen molar-refractivity contribution in [2.75, 3.05) is 43.1 Å². The van der Waals surface area contributed by atoms with Crippen molar-refractivity contribution in [1.29, 1.82) is 0 Å². The molecule has 0 amide bonds. The number of aromatic carboxylic acids is 1. The first-order valence-corrected chi connectivity index (χ1v) is 15.0. The van der Waals surface area contributed by atoms with Gasteiger partial charge in [-0.05, 0) is 41.5 Å². The van der Waals surface area contributed by atoms with Gasteiger partial charge in [-0.25, -0.2) is 13.6 Å². The van der Waals surface area contributed by atoms with Crippen LogP contribution in [0.5, 0.6) is 0 Å². The van der Waals surface area contributed by atoms with E-state index in [0.717, 1.165) is 37.5 Å². The van der Waals surface area contributed by atoms with E-state index in [-0.39, 0.29) is 38.3 Å². The summed E-state index contributed by atoms with van der Waals surface area (Å²) in [6.45, 7) is 3.98. The normalized spacial score (nSPS) is 24.9. The summed E-state index contributed by atoms with van der Waals surface area (Å²) in [4.78, 5) is 26.0. The van der Waals surface area contributed by atoms with Gasteiger partial charge in [0.15, 0.2) is 5.82 Å². The molecule has 3 unspecified atom stereocenters. The molecule has 1 saturated carbocycles. The molecule has 0 spiro atoms. The van der Waals surface area contributed by atoms with Crippen LogP contribution in [-0.4, -0.2) is 59.5 Å². The van der Waals surface area contributed by atoms with Gasteiger partial charge in [-0.3, -0.25) is 9.16 Å². The highest BCUT2D eigenvalue weighted by atomic mass is 33.1. The Bertz CT molecular complexity index is 1280. The molecular formula is C24H29F2N3O4S2. The minimum atomic E-state index is -1.40. The molecule has 3 heterocycles. The van der Waals surface area contributed by atoms with Gasteiger partial charge in [0.1, 0.15) is 22.7 Å². The fourth-order valence-electron chi connectivity index (χ4n) is 5.22. The highest BCUT2D eigenvalue weighted by Gasteiger charge is 2.52. The van der Waals surface area contributed by atoms with Crippen LogP contribution in [0.4, 0.5) is 14.5 Å². The molecule has 190 valence electrons. The summed E-state index contributed by atoms with van der Waals surface area (Å²) < 4.78 is 44.0. The number of ether oxygens (including phenoxy) is 1. The average molecular weight is 526 g/mol. The van der Waals surface area contributed by atoms with E-state index in [4.69, 9.17) is 9.10 Å². The SMILES string of the molecule is CCCSS(C)=NCC12CN(c3c(F)cc4c(=O)c(C(=O)O)cn(C5CC5)c4c3F)CC1CCO2. The Labute approximate surface area is 208 Å². The zero-order valence-electron chi connectivity index (χ0n) is 19.8. The molecule has 1 aromatic heterocycles. The van der Waals surface area contributed by atoms with Crippen LogP contribution in [0.2, 0.25) is 0 Å². The molecule has 1 aromatic carbocycles. The van der Waals surface area contributed by atoms with E-state index >= 15 is 8.78 Å². The summed E-state index contributed by atoms with van der Waals surface area (Å²) in [7, 11) is 1.64. The summed E-state index contributed by atoms with van der Waals surface area (Å²) in [6.07, 6.45) is 6.67. The van der Waals surface area contributed by atoms with Gasteiger partial charge in [-0.15, -0.1) is 0 Å². The fourth-order valence-corrected chi connectivity index (χ4v) is 7.71. The number of halogens is 2. The molecule has 5 rings (SSSR count). The number of nitrogens with zero attached hydrogens (tertiary/aromatic N) is 3. The van der Waals surface area contributed by atoms with Crippen molar-refractivity contribution in [3.8, 4) is 0 Å². The topological polar surface area (TPSA) is 84.1 Å². The van der Waals surface area contributed by atoms with Crippen molar-refractivity contribution in [2.45, 2.75) is 44.2 Å². The van der Waals surface area contributed by atoms with Crippen molar-refractivity contribution in [3.63, 3.8) is 0 Å². The smallest absolute Gasteiger partial charge is 0.341 e. The second-order valence-corrected chi connectivity index (χ2v) is 13.4. The summed E-state index contributed by atoms with van der Waals surface area (Å²) in [5.41, 5.74) is -2.13. The fraction of sp³-hybridized carbons (Fsp3) is 0.583. The van der Waals surface area contributed by atoms with Gasteiger partial charge in [0.2, 0.25) is 5.43 Å². The number of benzene rings is 1. The maximum atomic E-state index is 16.0. The average Bonchev–Trinajstić information content (AvgIpc) is 3.49. The third-order valence-electron chi connectivity index (χ3n) is 7.14. The molecule has 3 aliphatic rings.